The summed E-state index contributed by atoms with van der Waals surface area (Å²) >= 11 is 2.27. The lowest BCUT2D eigenvalue weighted by Gasteiger charge is -2.02. The van der Waals surface area contributed by atoms with Gasteiger partial charge in [-0.25, -0.2) is 19.9 Å². The minimum Gasteiger partial charge on any atom is -0.243 e. The molecule has 0 N–H and O–H groups in total. The van der Waals surface area contributed by atoms with Gasteiger partial charge < -0.3 is 0 Å². The molecule has 0 spiro atoms. The summed E-state index contributed by atoms with van der Waals surface area (Å²) in [5.41, 5.74) is 0.300. The topological polar surface area (TPSA) is 51.6 Å². The maximum atomic E-state index is 12.6. The Balaban J connectivity index is 2.05. The van der Waals surface area contributed by atoms with E-state index in [0.717, 1.165) is 16.7 Å². The van der Waals surface area contributed by atoms with E-state index in [1.54, 1.807) is 24.6 Å². The molecule has 3 aromatic heterocycles. The van der Waals surface area contributed by atoms with Gasteiger partial charge >= 0.3 is 6.18 Å². The molecule has 108 valence electrons. The molecule has 0 aliphatic carbocycles. The quantitative estimate of drug-likeness (QED) is 0.712. The van der Waals surface area contributed by atoms with Gasteiger partial charge in [0.15, 0.2) is 16.5 Å². The van der Waals surface area contributed by atoms with Crippen LogP contribution in [-0.4, -0.2) is 19.9 Å². The number of alkyl halides is 3. The van der Waals surface area contributed by atoms with Gasteiger partial charge in [-0.1, -0.05) is 0 Å². The van der Waals surface area contributed by atoms with E-state index in [0.29, 0.717) is 16.4 Å². The predicted octanol–water partition coefficient (Wildman–Crippen LogP) is 4.05. The third kappa shape index (κ3) is 2.93. The Bertz CT molecular complexity index is 765. The molecule has 0 aromatic carbocycles. The van der Waals surface area contributed by atoms with E-state index in [1.165, 1.54) is 11.3 Å². The molecular weight excluding hydrogens is 321 g/mol. The summed E-state index contributed by atoms with van der Waals surface area (Å²) in [5, 5.41) is 3.60. The predicted molar refractivity (Wildman–Crippen MR) is 74.0 cm³/mol. The molecular formula is C12H7F3N4S2. The summed E-state index contributed by atoms with van der Waals surface area (Å²) < 4.78 is 37.8. The van der Waals surface area contributed by atoms with Gasteiger partial charge in [-0.05, 0) is 13.0 Å². The number of hydrogen-bond acceptors (Lipinski definition) is 6. The molecule has 0 saturated heterocycles. The molecule has 21 heavy (non-hydrogen) atoms. The number of thiazole rings is 2. The Labute approximate surface area is 125 Å². The summed E-state index contributed by atoms with van der Waals surface area (Å²) in [4.78, 5) is 16.1. The number of aryl methyl sites for hydroxylation is 1. The van der Waals surface area contributed by atoms with Crippen LogP contribution in [0.15, 0.2) is 23.0 Å². The summed E-state index contributed by atoms with van der Waals surface area (Å²) in [6.45, 7) is 1.75. The molecule has 0 saturated carbocycles. The van der Waals surface area contributed by atoms with Gasteiger partial charge in [-0.2, -0.15) is 13.2 Å². The van der Waals surface area contributed by atoms with Crippen LogP contribution in [0.3, 0.4) is 0 Å². The van der Waals surface area contributed by atoms with E-state index in [4.69, 9.17) is 0 Å². The molecule has 0 bridgehead atoms. The number of hydrogen-bond donors (Lipinski definition) is 0. The fraction of sp³-hybridized carbons (Fsp3) is 0.167. The first-order valence-corrected chi connectivity index (χ1v) is 7.48. The smallest absolute Gasteiger partial charge is 0.243 e. The molecule has 0 aliphatic heterocycles. The van der Waals surface area contributed by atoms with Crippen molar-refractivity contribution in [1.82, 2.24) is 19.9 Å². The van der Waals surface area contributed by atoms with Gasteiger partial charge in [-0.3, -0.25) is 0 Å². The number of nitrogens with zero attached hydrogens (tertiary/aromatic N) is 4. The van der Waals surface area contributed by atoms with Crippen LogP contribution in [0.5, 0.6) is 0 Å². The normalized spacial score (nSPS) is 11.8. The van der Waals surface area contributed by atoms with Crippen molar-refractivity contribution < 1.29 is 13.2 Å². The molecule has 3 aromatic rings. The van der Waals surface area contributed by atoms with E-state index in [1.807, 2.05) is 0 Å². The maximum Gasteiger partial charge on any atom is 0.434 e. The molecule has 4 nitrogen and oxygen atoms in total. The maximum absolute atomic E-state index is 12.6. The molecule has 0 aliphatic rings. The Morgan fingerprint density at radius 3 is 2.48 bits per heavy atom. The van der Waals surface area contributed by atoms with E-state index in [-0.39, 0.29) is 10.8 Å². The van der Waals surface area contributed by atoms with Crippen LogP contribution in [0.4, 0.5) is 13.2 Å². The van der Waals surface area contributed by atoms with Crippen molar-refractivity contribution in [2.75, 3.05) is 0 Å². The minimum absolute atomic E-state index is 0.142. The highest BCUT2D eigenvalue weighted by molar-refractivity contribution is 7.13. The minimum atomic E-state index is -4.46. The van der Waals surface area contributed by atoms with Gasteiger partial charge in [0.05, 0.1) is 0 Å². The van der Waals surface area contributed by atoms with Crippen molar-refractivity contribution in [3.8, 4) is 21.5 Å². The van der Waals surface area contributed by atoms with E-state index in [9.17, 15) is 13.2 Å². The van der Waals surface area contributed by atoms with Crippen LogP contribution in [0.1, 0.15) is 11.4 Å². The van der Waals surface area contributed by atoms with Crippen molar-refractivity contribution in [2.24, 2.45) is 0 Å². The first-order valence-electron chi connectivity index (χ1n) is 5.72. The zero-order valence-electron chi connectivity index (χ0n) is 10.5. The van der Waals surface area contributed by atoms with Crippen molar-refractivity contribution >= 4 is 22.7 Å². The molecule has 0 unspecified atom stereocenters. The van der Waals surface area contributed by atoms with Crippen LogP contribution in [-0.2, 0) is 6.18 Å². The summed E-state index contributed by atoms with van der Waals surface area (Å²) in [6.07, 6.45) is -2.82. The second-order valence-electron chi connectivity index (χ2n) is 4.09. The van der Waals surface area contributed by atoms with Gasteiger partial charge in [0.2, 0.25) is 0 Å². The molecule has 0 fully saturated rings. The molecule has 3 rings (SSSR count). The molecule has 0 atom stereocenters. The third-order valence-corrected chi connectivity index (χ3v) is 4.13. The highest BCUT2D eigenvalue weighted by Gasteiger charge is 2.34. The number of halogens is 3. The fourth-order valence-electron chi connectivity index (χ4n) is 1.63. The van der Waals surface area contributed by atoms with E-state index < -0.39 is 11.9 Å². The summed E-state index contributed by atoms with van der Waals surface area (Å²) in [5.74, 6) is 0.181. The zero-order valence-corrected chi connectivity index (χ0v) is 12.2. The summed E-state index contributed by atoms with van der Waals surface area (Å²) in [6, 6.07) is 1.74. The first kappa shape index (κ1) is 14.1. The van der Waals surface area contributed by atoms with Crippen molar-refractivity contribution in [2.45, 2.75) is 13.1 Å². The Morgan fingerprint density at radius 1 is 1.05 bits per heavy atom. The third-order valence-electron chi connectivity index (χ3n) is 2.49. The Kier molecular flexibility index (Phi) is 3.46. The number of rotatable bonds is 2. The van der Waals surface area contributed by atoms with Crippen molar-refractivity contribution in [3.05, 3.63) is 34.4 Å². The first-order chi connectivity index (χ1) is 9.93. The SMILES string of the molecule is Cc1cc(-c2nccs2)nc(-c2nc(C(F)(F)F)cs2)n1. The van der Waals surface area contributed by atoms with E-state index >= 15 is 0 Å². The highest BCUT2D eigenvalue weighted by atomic mass is 32.1. The van der Waals surface area contributed by atoms with Gasteiger partial charge in [0.25, 0.3) is 0 Å². The molecule has 0 radical (unpaired) electrons. The van der Waals surface area contributed by atoms with Gasteiger partial charge in [0, 0.05) is 22.7 Å². The average molecular weight is 328 g/mol. The lowest BCUT2D eigenvalue weighted by Crippen LogP contribution is -2.05. The van der Waals surface area contributed by atoms with Crippen molar-refractivity contribution in [1.29, 1.82) is 0 Å². The average Bonchev–Trinajstić information content (AvgIpc) is 3.09. The van der Waals surface area contributed by atoms with Crippen molar-refractivity contribution in [3.63, 3.8) is 0 Å². The molecule has 3 heterocycles. The molecule has 9 heteroatoms. The molecule has 0 amide bonds. The van der Waals surface area contributed by atoms with Gasteiger partial charge in [0.1, 0.15) is 10.7 Å². The lowest BCUT2D eigenvalue weighted by atomic mass is 10.3. The van der Waals surface area contributed by atoms with Crippen LogP contribution >= 0.6 is 22.7 Å². The Morgan fingerprint density at radius 2 is 1.86 bits per heavy atom. The highest BCUT2D eigenvalue weighted by Crippen LogP contribution is 2.33. The second-order valence-corrected chi connectivity index (χ2v) is 5.84. The van der Waals surface area contributed by atoms with Crippen LogP contribution < -0.4 is 0 Å². The van der Waals surface area contributed by atoms with Crippen LogP contribution in [0.2, 0.25) is 0 Å². The summed E-state index contributed by atoms with van der Waals surface area (Å²) in [7, 11) is 0. The fourth-order valence-corrected chi connectivity index (χ4v) is 2.99. The second kappa shape index (κ2) is 5.15. The van der Waals surface area contributed by atoms with Crippen LogP contribution in [0, 0.1) is 6.92 Å². The van der Waals surface area contributed by atoms with E-state index in [2.05, 4.69) is 19.9 Å². The standard InChI is InChI=1S/C12H7F3N4S2/c1-6-4-7(10-16-2-3-20-10)18-9(17-6)11-19-8(5-21-11)12(13,14)15/h2-5H,1H3. The number of aromatic nitrogens is 4. The van der Waals surface area contributed by atoms with Crippen LogP contribution in [0.25, 0.3) is 21.5 Å². The lowest BCUT2D eigenvalue weighted by molar-refractivity contribution is -0.140. The zero-order chi connectivity index (χ0) is 15.0. The monoisotopic (exact) mass is 328 g/mol. The Hall–Kier alpha value is -1.87. The van der Waals surface area contributed by atoms with Gasteiger partial charge in [-0.15, -0.1) is 22.7 Å². The largest absolute Gasteiger partial charge is 0.434 e.